The van der Waals surface area contributed by atoms with E-state index in [-0.39, 0.29) is 5.91 Å². The summed E-state index contributed by atoms with van der Waals surface area (Å²) in [5.74, 6) is 0.866. The molecule has 0 aliphatic heterocycles. The van der Waals surface area contributed by atoms with Gasteiger partial charge in [0.05, 0.1) is 12.7 Å². The molecule has 1 aromatic heterocycles. The van der Waals surface area contributed by atoms with Crippen LogP contribution in [-0.4, -0.2) is 28.9 Å². The number of hydrogen-bond donors (Lipinski definition) is 0. The summed E-state index contributed by atoms with van der Waals surface area (Å²) in [7, 11) is 1.65. The maximum Gasteiger partial charge on any atom is 0.255 e. The summed E-state index contributed by atoms with van der Waals surface area (Å²) >= 11 is 0. The number of rotatable bonds is 5. The topological polar surface area (TPSA) is 42.4 Å². The van der Waals surface area contributed by atoms with Gasteiger partial charge in [-0.25, -0.2) is 0 Å². The molecule has 1 aliphatic rings. The van der Waals surface area contributed by atoms with Crippen LogP contribution in [0.2, 0.25) is 0 Å². The van der Waals surface area contributed by atoms with Crippen molar-refractivity contribution in [3.05, 3.63) is 59.9 Å². The van der Waals surface area contributed by atoms with Gasteiger partial charge in [-0.3, -0.25) is 9.78 Å². The summed E-state index contributed by atoms with van der Waals surface area (Å²) in [5, 5.41) is 0. The molecule has 0 unspecified atom stereocenters. The summed E-state index contributed by atoms with van der Waals surface area (Å²) in [5.41, 5.74) is 1.73. The molecule has 1 fully saturated rings. The first-order chi connectivity index (χ1) is 10.3. The molecule has 1 aromatic carbocycles. The smallest absolute Gasteiger partial charge is 0.255 e. The zero-order chi connectivity index (χ0) is 14.7. The minimum Gasteiger partial charge on any atom is -0.497 e. The van der Waals surface area contributed by atoms with Crippen molar-refractivity contribution in [2.45, 2.75) is 25.4 Å². The third kappa shape index (κ3) is 3.21. The van der Waals surface area contributed by atoms with E-state index in [9.17, 15) is 4.79 Å². The quantitative estimate of drug-likeness (QED) is 0.847. The molecule has 2 aromatic rings. The molecule has 1 aliphatic carbocycles. The molecule has 21 heavy (non-hydrogen) atoms. The van der Waals surface area contributed by atoms with Crippen molar-refractivity contribution in [3.8, 4) is 5.75 Å². The summed E-state index contributed by atoms with van der Waals surface area (Å²) in [6, 6.07) is 11.8. The minimum atomic E-state index is 0.0495. The first-order valence-electron chi connectivity index (χ1n) is 7.12. The van der Waals surface area contributed by atoms with Gasteiger partial charge in [-0.1, -0.05) is 12.1 Å². The van der Waals surface area contributed by atoms with Gasteiger partial charge in [0.15, 0.2) is 0 Å². The Morgan fingerprint density at radius 2 is 2.19 bits per heavy atom. The van der Waals surface area contributed by atoms with Crippen LogP contribution in [0.15, 0.2) is 48.8 Å². The van der Waals surface area contributed by atoms with Crippen molar-refractivity contribution < 1.29 is 9.53 Å². The average Bonchev–Trinajstić information content (AvgIpc) is 3.38. The molecule has 1 amide bonds. The van der Waals surface area contributed by atoms with Crippen LogP contribution in [0.5, 0.6) is 5.75 Å². The van der Waals surface area contributed by atoms with Gasteiger partial charge in [0.25, 0.3) is 5.91 Å². The highest BCUT2D eigenvalue weighted by Gasteiger charge is 2.33. The normalized spacial score (nSPS) is 13.8. The Bertz CT molecular complexity index is 624. The molecule has 0 spiro atoms. The van der Waals surface area contributed by atoms with Crippen molar-refractivity contribution >= 4 is 5.91 Å². The zero-order valence-electron chi connectivity index (χ0n) is 12.0. The Morgan fingerprint density at radius 1 is 1.33 bits per heavy atom. The number of methoxy groups -OCH3 is 1. The molecule has 0 radical (unpaired) electrons. The highest BCUT2D eigenvalue weighted by Crippen LogP contribution is 2.30. The Hall–Kier alpha value is -2.36. The molecule has 4 nitrogen and oxygen atoms in total. The second kappa shape index (κ2) is 5.95. The van der Waals surface area contributed by atoms with E-state index in [0.717, 1.165) is 24.2 Å². The molecule has 1 saturated carbocycles. The van der Waals surface area contributed by atoms with E-state index < -0.39 is 0 Å². The van der Waals surface area contributed by atoms with E-state index >= 15 is 0 Å². The number of ether oxygens (including phenoxy) is 1. The molecular formula is C17H18N2O2. The van der Waals surface area contributed by atoms with E-state index in [1.54, 1.807) is 25.6 Å². The van der Waals surface area contributed by atoms with Crippen LogP contribution in [0.1, 0.15) is 28.8 Å². The molecule has 0 saturated heterocycles. The van der Waals surface area contributed by atoms with Gasteiger partial charge in [0.2, 0.25) is 0 Å². The lowest BCUT2D eigenvalue weighted by Gasteiger charge is -2.22. The highest BCUT2D eigenvalue weighted by atomic mass is 16.5. The van der Waals surface area contributed by atoms with Crippen LogP contribution < -0.4 is 4.74 Å². The lowest BCUT2D eigenvalue weighted by Crippen LogP contribution is -2.32. The number of aromatic nitrogens is 1. The van der Waals surface area contributed by atoms with Gasteiger partial charge < -0.3 is 9.64 Å². The van der Waals surface area contributed by atoms with Crippen molar-refractivity contribution in [2.75, 3.05) is 7.11 Å². The Morgan fingerprint density at radius 3 is 2.86 bits per heavy atom. The Kier molecular flexibility index (Phi) is 3.86. The van der Waals surface area contributed by atoms with Crippen molar-refractivity contribution in [1.29, 1.82) is 0 Å². The number of carbonyl (C=O) groups excluding carboxylic acids is 1. The van der Waals surface area contributed by atoms with Gasteiger partial charge in [0, 0.05) is 25.0 Å². The largest absolute Gasteiger partial charge is 0.497 e. The number of amides is 1. The second-order valence-electron chi connectivity index (χ2n) is 5.26. The van der Waals surface area contributed by atoms with E-state index in [2.05, 4.69) is 4.98 Å². The third-order valence-corrected chi connectivity index (χ3v) is 3.64. The van der Waals surface area contributed by atoms with E-state index in [4.69, 9.17) is 4.74 Å². The number of hydrogen-bond acceptors (Lipinski definition) is 3. The molecule has 0 N–H and O–H groups in total. The van der Waals surface area contributed by atoms with E-state index in [1.165, 1.54) is 0 Å². The Balaban J connectivity index is 1.80. The first-order valence-corrected chi connectivity index (χ1v) is 7.12. The van der Waals surface area contributed by atoms with Crippen LogP contribution in [0, 0.1) is 0 Å². The lowest BCUT2D eigenvalue weighted by atomic mass is 10.1. The van der Waals surface area contributed by atoms with Crippen LogP contribution >= 0.6 is 0 Å². The third-order valence-electron chi connectivity index (χ3n) is 3.64. The fraction of sp³-hybridized carbons (Fsp3) is 0.294. The zero-order valence-corrected chi connectivity index (χ0v) is 12.0. The Labute approximate surface area is 124 Å². The molecule has 4 heteroatoms. The number of pyridine rings is 1. The maximum absolute atomic E-state index is 12.6. The maximum atomic E-state index is 12.6. The van der Waals surface area contributed by atoms with Gasteiger partial charge >= 0.3 is 0 Å². The molecule has 1 heterocycles. The summed E-state index contributed by atoms with van der Waals surface area (Å²) < 4.78 is 5.24. The van der Waals surface area contributed by atoms with Crippen molar-refractivity contribution in [2.24, 2.45) is 0 Å². The molecular weight excluding hydrogens is 264 g/mol. The molecule has 0 bridgehead atoms. The summed E-state index contributed by atoms with van der Waals surface area (Å²) in [4.78, 5) is 18.6. The van der Waals surface area contributed by atoms with E-state index in [0.29, 0.717) is 18.2 Å². The fourth-order valence-electron chi connectivity index (χ4n) is 2.38. The van der Waals surface area contributed by atoms with Crippen LogP contribution in [0.4, 0.5) is 0 Å². The summed E-state index contributed by atoms with van der Waals surface area (Å²) in [6.07, 6.45) is 5.47. The average molecular weight is 282 g/mol. The number of carbonyl (C=O) groups is 1. The van der Waals surface area contributed by atoms with Gasteiger partial charge in [-0.05, 0) is 42.7 Å². The number of benzene rings is 1. The predicted molar refractivity (Wildman–Crippen MR) is 80.1 cm³/mol. The predicted octanol–water partition coefficient (Wildman–Crippen LogP) is 2.90. The van der Waals surface area contributed by atoms with E-state index in [1.807, 2.05) is 35.2 Å². The standard InChI is InChI=1S/C17H18N2O2/c1-21-16-6-2-4-13(10-16)12-19(15-7-8-15)17(20)14-5-3-9-18-11-14/h2-6,9-11,15H,7-8,12H2,1H3. The first kappa shape index (κ1) is 13.6. The fourth-order valence-corrected chi connectivity index (χ4v) is 2.38. The highest BCUT2D eigenvalue weighted by molar-refractivity contribution is 5.94. The SMILES string of the molecule is COc1cccc(CN(C(=O)c2cccnc2)C2CC2)c1. The second-order valence-corrected chi connectivity index (χ2v) is 5.26. The number of nitrogens with zero attached hydrogens (tertiary/aromatic N) is 2. The monoisotopic (exact) mass is 282 g/mol. The van der Waals surface area contributed by atoms with Gasteiger partial charge in [-0.15, -0.1) is 0 Å². The minimum absolute atomic E-state index is 0.0495. The van der Waals surface area contributed by atoms with Crippen LogP contribution in [0.3, 0.4) is 0 Å². The lowest BCUT2D eigenvalue weighted by molar-refractivity contribution is 0.0729. The van der Waals surface area contributed by atoms with Gasteiger partial charge in [0.1, 0.15) is 5.75 Å². The van der Waals surface area contributed by atoms with Crippen molar-refractivity contribution in [3.63, 3.8) is 0 Å². The van der Waals surface area contributed by atoms with Crippen LogP contribution in [0.25, 0.3) is 0 Å². The molecule has 0 atom stereocenters. The van der Waals surface area contributed by atoms with Gasteiger partial charge in [-0.2, -0.15) is 0 Å². The van der Waals surface area contributed by atoms with Crippen LogP contribution in [-0.2, 0) is 6.54 Å². The molecule has 108 valence electrons. The molecule has 3 rings (SSSR count). The summed E-state index contributed by atoms with van der Waals surface area (Å²) in [6.45, 7) is 0.607. The van der Waals surface area contributed by atoms with Crippen molar-refractivity contribution in [1.82, 2.24) is 9.88 Å².